The highest BCUT2D eigenvalue weighted by Crippen LogP contribution is 2.31. The van der Waals surface area contributed by atoms with Gasteiger partial charge in [-0.1, -0.05) is 19.3 Å². The Morgan fingerprint density at radius 1 is 1.04 bits per heavy atom. The van der Waals surface area contributed by atoms with E-state index in [1.165, 1.54) is 6.42 Å². The van der Waals surface area contributed by atoms with Crippen molar-refractivity contribution in [2.75, 3.05) is 17.6 Å². The highest BCUT2D eigenvalue weighted by atomic mass is 19.4. The quantitative estimate of drug-likeness (QED) is 0.781. The zero-order valence-corrected chi connectivity index (χ0v) is 13.4. The molecule has 2 fully saturated rings. The summed E-state index contributed by atoms with van der Waals surface area (Å²) in [5, 5.41) is 5.53. The first-order valence-corrected chi connectivity index (χ1v) is 8.50. The fourth-order valence-electron chi connectivity index (χ4n) is 3.50. The summed E-state index contributed by atoms with van der Waals surface area (Å²) in [5.41, 5.74) is 5.77. The first kappa shape index (κ1) is 17.2. The fraction of sp³-hybridized carbons (Fsp3) is 0.800. The van der Waals surface area contributed by atoms with Crippen LogP contribution in [0.15, 0.2) is 0 Å². The van der Waals surface area contributed by atoms with Crippen LogP contribution < -0.4 is 16.4 Å². The number of hydrogen-bond donors (Lipinski definition) is 3. The van der Waals surface area contributed by atoms with Crippen LogP contribution in [-0.2, 0) is 0 Å². The lowest BCUT2D eigenvalue weighted by Gasteiger charge is -2.32. The summed E-state index contributed by atoms with van der Waals surface area (Å²) in [7, 11) is 0. The van der Waals surface area contributed by atoms with Crippen LogP contribution in [0.1, 0.15) is 56.7 Å². The molecular weight excluding hydrogens is 321 g/mol. The number of hydrogen-bond acceptors (Lipinski definition) is 6. The number of halogens is 3. The third-order valence-corrected chi connectivity index (χ3v) is 4.77. The first-order valence-electron chi connectivity index (χ1n) is 8.50. The number of piperidine rings is 1. The molecule has 2 heterocycles. The van der Waals surface area contributed by atoms with Crippen LogP contribution in [0.5, 0.6) is 0 Å². The van der Waals surface area contributed by atoms with E-state index in [1.807, 2.05) is 0 Å². The van der Waals surface area contributed by atoms with E-state index in [4.69, 9.17) is 5.73 Å². The molecule has 0 bridgehead atoms. The predicted octanol–water partition coefficient (Wildman–Crippen LogP) is 2.60. The predicted molar refractivity (Wildman–Crippen MR) is 84.6 cm³/mol. The lowest BCUT2D eigenvalue weighted by atomic mass is 9.89. The van der Waals surface area contributed by atoms with Gasteiger partial charge in [0.2, 0.25) is 11.9 Å². The zero-order chi connectivity index (χ0) is 17.2. The molecule has 0 radical (unpaired) electrons. The molecule has 1 aliphatic heterocycles. The molecular formula is C15H23F3N6. The second-order valence-electron chi connectivity index (χ2n) is 6.62. The molecule has 0 spiro atoms. The van der Waals surface area contributed by atoms with Crippen LogP contribution in [0.4, 0.5) is 25.1 Å². The van der Waals surface area contributed by atoms with Crippen LogP contribution in [-0.4, -0.2) is 39.8 Å². The molecule has 0 aromatic carbocycles. The van der Waals surface area contributed by atoms with E-state index in [0.29, 0.717) is 18.8 Å². The number of rotatable bonds is 3. The van der Waals surface area contributed by atoms with Gasteiger partial charge in [-0.2, -0.15) is 28.1 Å². The average Bonchev–Trinajstić information content (AvgIpc) is 2.54. The van der Waals surface area contributed by atoms with E-state index >= 15 is 0 Å². The van der Waals surface area contributed by atoms with Crippen molar-refractivity contribution in [1.29, 1.82) is 0 Å². The molecule has 4 N–H and O–H groups in total. The summed E-state index contributed by atoms with van der Waals surface area (Å²) in [6.45, 7) is 0.303. The second-order valence-corrected chi connectivity index (χ2v) is 6.62. The third-order valence-electron chi connectivity index (χ3n) is 4.77. The lowest BCUT2D eigenvalue weighted by molar-refractivity contribution is -0.160. The topological polar surface area (TPSA) is 88.8 Å². The summed E-state index contributed by atoms with van der Waals surface area (Å²) >= 11 is 0. The van der Waals surface area contributed by atoms with E-state index in [9.17, 15) is 13.2 Å². The molecule has 0 amide bonds. The summed E-state index contributed by atoms with van der Waals surface area (Å²) in [4.78, 5) is 12.7. The van der Waals surface area contributed by atoms with Crippen molar-refractivity contribution < 1.29 is 13.2 Å². The smallest absolute Gasteiger partial charge is 0.368 e. The highest BCUT2D eigenvalue weighted by molar-refractivity contribution is 5.33. The summed E-state index contributed by atoms with van der Waals surface area (Å²) < 4.78 is 38.6. The summed E-state index contributed by atoms with van der Waals surface area (Å²) in [6, 6.07) is -1.83. The van der Waals surface area contributed by atoms with Crippen molar-refractivity contribution >= 4 is 11.9 Å². The molecule has 2 aliphatic rings. The average molecular weight is 344 g/mol. The second kappa shape index (κ2) is 7.08. The van der Waals surface area contributed by atoms with Crippen LogP contribution >= 0.6 is 0 Å². The van der Waals surface area contributed by atoms with Crippen LogP contribution in [0, 0.1) is 0 Å². The standard InChI is InChI=1S/C15H23F3N6/c16-15(17,18)11-8-10(6-7-20-11)21-14-23-12(22-13(19)24-14)9-4-2-1-3-5-9/h9-11,20H,1-8H2,(H3,19,21,22,23,24)/t10-,11+/m1/s1. The highest BCUT2D eigenvalue weighted by Gasteiger charge is 2.42. The monoisotopic (exact) mass is 344 g/mol. The molecule has 2 atom stereocenters. The normalized spacial score (nSPS) is 26.3. The molecule has 24 heavy (non-hydrogen) atoms. The Kier molecular flexibility index (Phi) is 5.07. The largest absolute Gasteiger partial charge is 0.403 e. The number of alkyl halides is 3. The molecule has 6 nitrogen and oxygen atoms in total. The summed E-state index contributed by atoms with van der Waals surface area (Å²) in [6.07, 6.45) is 1.83. The minimum atomic E-state index is -4.24. The minimum absolute atomic E-state index is 0.0478. The lowest BCUT2D eigenvalue weighted by Crippen LogP contribution is -2.50. The molecule has 0 unspecified atom stereocenters. The van der Waals surface area contributed by atoms with Crippen molar-refractivity contribution in [1.82, 2.24) is 20.3 Å². The Hall–Kier alpha value is -1.64. The molecule has 1 saturated carbocycles. The summed E-state index contributed by atoms with van der Waals surface area (Å²) in [5.74, 6) is 1.33. The zero-order valence-electron chi connectivity index (χ0n) is 13.4. The van der Waals surface area contributed by atoms with Crippen molar-refractivity contribution in [3.05, 3.63) is 5.82 Å². The molecule has 1 aromatic rings. The van der Waals surface area contributed by atoms with Crippen molar-refractivity contribution in [3.8, 4) is 0 Å². The van der Waals surface area contributed by atoms with Gasteiger partial charge in [-0.3, -0.25) is 0 Å². The Balaban J connectivity index is 1.69. The number of nitrogen functional groups attached to an aromatic ring is 1. The number of nitrogens with zero attached hydrogens (tertiary/aromatic N) is 3. The van der Waals surface area contributed by atoms with Gasteiger partial charge in [-0.15, -0.1) is 0 Å². The first-order chi connectivity index (χ1) is 11.4. The van der Waals surface area contributed by atoms with Gasteiger partial charge in [-0.05, 0) is 32.2 Å². The maximum absolute atomic E-state index is 12.9. The van der Waals surface area contributed by atoms with Gasteiger partial charge in [0.1, 0.15) is 11.9 Å². The molecule has 1 saturated heterocycles. The van der Waals surface area contributed by atoms with Crippen molar-refractivity contribution in [2.45, 2.75) is 69.1 Å². The Labute approximate surface area is 138 Å². The van der Waals surface area contributed by atoms with Crippen LogP contribution in [0.25, 0.3) is 0 Å². The van der Waals surface area contributed by atoms with Gasteiger partial charge in [0.25, 0.3) is 0 Å². The van der Waals surface area contributed by atoms with E-state index in [0.717, 1.165) is 25.7 Å². The minimum Gasteiger partial charge on any atom is -0.368 e. The number of anilines is 2. The fourth-order valence-corrected chi connectivity index (χ4v) is 3.50. The number of aromatic nitrogens is 3. The molecule has 3 rings (SSSR count). The van der Waals surface area contributed by atoms with E-state index < -0.39 is 12.2 Å². The Morgan fingerprint density at radius 3 is 2.50 bits per heavy atom. The SMILES string of the molecule is Nc1nc(N[C@@H]2CCN[C@H](C(F)(F)F)C2)nc(C2CCCCC2)n1. The maximum Gasteiger partial charge on any atom is 0.403 e. The molecule has 134 valence electrons. The van der Waals surface area contributed by atoms with Crippen molar-refractivity contribution in [2.24, 2.45) is 0 Å². The molecule has 9 heteroatoms. The Morgan fingerprint density at radius 2 is 1.79 bits per heavy atom. The maximum atomic E-state index is 12.9. The third kappa shape index (κ3) is 4.25. The van der Waals surface area contributed by atoms with Crippen molar-refractivity contribution in [3.63, 3.8) is 0 Å². The van der Waals surface area contributed by atoms with E-state index in [2.05, 4.69) is 25.6 Å². The van der Waals surface area contributed by atoms with Gasteiger partial charge in [0.05, 0.1) is 0 Å². The van der Waals surface area contributed by atoms with Crippen LogP contribution in [0.3, 0.4) is 0 Å². The van der Waals surface area contributed by atoms with E-state index in [1.54, 1.807) is 0 Å². The van der Waals surface area contributed by atoms with Gasteiger partial charge >= 0.3 is 6.18 Å². The Bertz CT molecular complexity index is 559. The molecule has 1 aromatic heterocycles. The van der Waals surface area contributed by atoms with Gasteiger partial charge in [0, 0.05) is 12.0 Å². The van der Waals surface area contributed by atoms with Gasteiger partial charge in [-0.25, -0.2) is 0 Å². The number of nitrogens with one attached hydrogen (secondary N) is 2. The van der Waals surface area contributed by atoms with E-state index in [-0.39, 0.29) is 30.3 Å². The molecule has 1 aliphatic carbocycles. The number of nitrogens with two attached hydrogens (primary N) is 1. The van der Waals surface area contributed by atoms with Gasteiger partial charge < -0.3 is 16.4 Å². The van der Waals surface area contributed by atoms with Crippen LogP contribution in [0.2, 0.25) is 0 Å². The van der Waals surface area contributed by atoms with Gasteiger partial charge in [0.15, 0.2) is 0 Å².